The van der Waals surface area contributed by atoms with Crippen LogP contribution in [0.5, 0.6) is 0 Å². The number of carbonyl (C=O) groups excluding carboxylic acids is 2. The van der Waals surface area contributed by atoms with Gasteiger partial charge in [-0.25, -0.2) is 0 Å². The Labute approximate surface area is 115 Å². The Bertz CT molecular complexity index is 394. The Morgan fingerprint density at radius 2 is 1.95 bits per heavy atom. The van der Waals surface area contributed by atoms with Gasteiger partial charge in [-0.05, 0) is 31.6 Å². The van der Waals surface area contributed by atoms with Crippen LogP contribution in [-0.4, -0.2) is 41.5 Å². The first-order valence-electron chi connectivity index (χ1n) is 7.01. The zero-order valence-electron chi connectivity index (χ0n) is 11.4. The number of hydrogen-bond acceptors (Lipinski definition) is 2. The molecule has 1 N–H and O–H groups in total. The van der Waals surface area contributed by atoms with E-state index >= 15 is 0 Å². The number of nitrogens with one attached hydrogen (secondary N) is 1. The molecule has 2 atom stereocenters. The minimum atomic E-state index is -4.22. The van der Waals surface area contributed by atoms with E-state index < -0.39 is 24.7 Å². The molecule has 1 saturated carbocycles. The number of rotatable bonds is 5. The molecule has 4 nitrogen and oxygen atoms in total. The van der Waals surface area contributed by atoms with E-state index in [1.807, 2.05) is 0 Å². The summed E-state index contributed by atoms with van der Waals surface area (Å²) < 4.78 is 36.6. The molecule has 2 unspecified atom stereocenters. The Balaban J connectivity index is 2.03. The summed E-state index contributed by atoms with van der Waals surface area (Å²) in [6.07, 6.45) is -3.12. The van der Waals surface area contributed by atoms with Gasteiger partial charge in [0.05, 0.1) is 0 Å². The Morgan fingerprint density at radius 1 is 1.30 bits per heavy atom. The Hall–Kier alpha value is -1.27. The standard InChI is InChI=1S/C13H19F3N2O2/c1-2-9-12(20)18(7-3-6-13(14,15)16)10(8-4-5-8)11(19)17-9/h8-10H,2-7H2,1H3,(H,17,19). The monoisotopic (exact) mass is 292 g/mol. The first-order chi connectivity index (χ1) is 9.33. The lowest BCUT2D eigenvalue weighted by Gasteiger charge is -2.39. The number of alkyl halides is 3. The fourth-order valence-corrected chi connectivity index (χ4v) is 2.65. The minimum absolute atomic E-state index is 0.00340. The van der Waals surface area contributed by atoms with Gasteiger partial charge in [0.1, 0.15) is 12.1 Å². The average molecular weight is 292 g/mol. The van der Waals surface area contributed by atoms with Crippen LogP contribution in [0, 0.1) is 5.92 Å². The number of carbonyl (C=O) groups is 2. The van der Waals surface area contributed by atoms with Crippen LogP contribution in [0.1, 0.15) is 39.0 Å². The molecule has 1 aliphatic carbocycles. The molecule has 1 heterocycles. The third-order valence-electron chi connectivity index (χ3n) is 3.84. The maximum Gasteiger partial charge on any atom is 0.389 e. The normalized spacial score (nSPS) is 27.7. The third-order valence-corrected chi connectivity index (χ3v) is 3.84. The summed E-state index contributed by atoms with van der Waals surface area (Å²) in [7, 11) is 0. The smallest absolute Gasteiger partial charge is 0.343 e. The number of nitrogens with zero attached hydrogens (tertiary/aromatic N) is 1. The molecule has 2 fully saturated rings. The SMILES string of the molecule is CCC1NC(=O)C(C2CC2)N(CCCC(F)(F)F)C1=O. The molecule has 20 heavy (non-hydrogen) atoms. The topological polar surface area (TPSA) is 49.4 Å². The van der Waals surface area contributed by atoms with Crippen molar-refractivity contribution in [2.45, 2.75) is 57.3 Å². The van der Waals surface area contributed by atoms with Crippen molar-refractivity contribution in [1.82, 2.24) is 10.2 Å². The first-order valence-corrected chi connectivity index (χ1v) is 7.01. The number of piperazine rings is 1. The van der Waals surface area contributed by atoms with Gasteiger partial charge in [-0.3, -0.25) is 9.59 Å². The molecule has 2 amide bonds. The zero-order valence-corrected chi connectivity index (χ0v) is 11.4. The van der Waals surface area contributed by atoms with Crippen molar-refractivity contribution in [3.8, 4) is 0 Å². The number of hydrogen-bond donors (Lipinski definition) is 1. The summed E-state index contributed by atoms with van der Waals surface area (Å²) in [6, 6.07) is -1.16. The van der Waals surface area contributed by atoms with Crippen molar-refractivity contribution >= 4 is 11.8 Å². The van der Waals surface area contributed by atoms with E-state index in [4.69, 9.17) is 0 Å². The molecular weight excluding hydrogens is 273 g/mol. The van der Waals surface area contributed by atoms with Crippen LogP contribution in [0.15, 0.2) is 0 Å². The summed E-state index contributed by atoms with van der Waals surface area (Å²) in [5, 5.41) is 2.67. The molecule has 0 spiro atoms. The van der Waals surface area contributed by atoms with Crippen molar-refractivity contribution in [3.05, 3.63) is 0 Å². The van der Waals surface area contributed by atoms with Crippen LogP contribution in [-0.2, 0) is 9.59 Å². The Kier molecular flexibility index (Phi) is 4.25. The predicted molar refractivity (Wildman–Crippen MR) is 65.7 cm³/mol. The number of halogens is 3. The van der Waals surface area contributed by atoms with Gasteiger partial charge in [-0.15, -0.1) is 0 Å². The van der Waals surface area contributed by atoms with Gasteiger partial charge in [0.2, 0.25) is 11.8 Å². The highest BCUT2D eigenvalue weighted by Crippen LogP contribution is 2.37. The van der Waals surface area contributed by atoms with Crippen LogP contribution >= 0.6 is 0 Å². The van der Waals surface area contributed by atoms with Crippen molar-refractivity contribution in [1.29, 1.82) is 0 Å². The van der Waals surface area contributed by atoms with Crippen LogP contribution in [0.4, 0.5) is 13.2 Å². The van der Waals surface area contributed by atoms with E-state index in [9.17, 15) is 22.8 Å². The second-order valence-corrected chi connectivity index (χ2v) is 5.50. The van der Waals surface area contributed by atoms with Gasteiger partial charge < -0.3 is 10.2 Å². The molecule has 0 aromatic carbocycles. The predicted octanol–water partition coefficient (Wildman–Crippen LogP) is 1.84. The maximum atomic E-state index is 12.2. The molecule has 1 saturated heterocycles. The second-order valence-electron chi connectivity index (χ2n) is 5.50. The fourth-order valence-electron chi connectivity index (χ4n) is 2.65. The summed E-state index contributed by atoms with van der Waals surface area (Å²) in [4.78, 5) is 25.6. The minimum Gasteiger partial charge on any atom is -0.343 e. The van der Waals surface area contributed by atoms with Gasteiger partial charge in [0.15, 0.2) is 0 Å². The highest BCUT2D eigenvalue weighted by Gasteiger charge is 2.47. The maximum absolute atomic E-state index is 12.2. The zero-order chi connectivity index (χ0) is 14.9. The van der Waals surface area contributed by atoms with Crippen molar-refractivity contribution < 1.29 is 22.8 Å². The molecule has 1 aliphatic heterocycles. The van der Waals surface area contributed by atoms with E-state index in [0.29, 0.717) is 6.42 Å². The number of amides is 2. The summed E-state index contributed by atoms with van der Waals surface area (Å²) in [6.45, 7) is 1.78. The Morgan fingerprint density at radius 3 is 2.45 bits per heavy atom. The van der Waals surface area contributed by atoms with Gasteiger partial charge in [-0.1, -0.05) is 6.92 Å². The van der Waals surface area contributed by atoms with E-state index in [0.717, 1.165) is 12.8 Å². The molecule has 0 aromatic heterocycles. The van der Waals surface area contributed by atoms with Gasteiger partial charge >= 0.3 is 6.18 Å². The second kappa shape index (κ2) is 5.61. The fraction of sp³-hybridized carbons (Fsp3) is 0.846. The molecule has 114 valence electrons. The van der Waals surface area contributed by atoms with Crippen LogP contribution < -0.4 is 5.32 Å². The lowest BCUT2D eigenvalue weighted by Crippen LogP contribution is -2.64. The van der Waals surface area contributed by atoms with Crippen molar-refractivity contribution in [2.24, 2.45) is 5.92 Å². The summed E-state index contributed by atoms with van der Waals surface area (Å²) in [5.74, 6) is -0.347. The van der Waals surface area contributed by atoms with E-state index in [1.54, 1.807) is 6.92 Å². The van der Waals surface area contributed by atoms with E-state index in [1.165, 1.54) is 4.90 Å². The highest BCUT2D eigenvalue weighted by atomic mass is 19.4. The molecule has 0 bridgehead atoms. The van der Waals surface area contributed by atoms with Gasteiger partial charge in [0.25, 0.3) is 0 Å². The molecule has 0 aromatic rings. The van der Waals surface area contributed by atoms with Crippen molar-refractivity contribution in [3.63, 3.8) is 0 Å². The van der Waals surface area contributed by atoms with E-state index in [2.05, 4.69) is 5.32 Å². The quantitative estimate of drug-likeness (QED) is 0.840. The summed E-state index contributed by atoms with van der Waals surface area (Å²) in [5.41, 5.74) is 0. The lowest BCUT2D eigenvalue weighted by molar-refractivity contribution is -0.153. The van der Waals surface area contributed by atoms with Crippen LogP contribution in [0.25, 0.3) is 0 Å². The third kappa shape index (κ3) is 3.43. The highest BCUT2D eigenvalue weighted by molar-refractivity contribution is 5.97. The molecular formula is C13H19F3N2O2. The van der Waals surface area contributed by atoms with E-state index in [-0.39, 0.29) is 30.7 Å². The average Bonchev–Trinajstić information content (AvgIpc) is 3.15. The molecule has 7 heteroatoms. The van der Waals surface area contributed by atoms with Crippen LogP contribution in [0.3, 0.4) is 0 Å². The van der Waals surface area contributed by atoms with Gasteiger partial charge in [-0.2, -0.15) is 13.2 Å². The van der Waals surface area contributed by atoms with Crippen molar-refractivity contribution in [2.75, 3.05) is 6.54 Å². The lowest BCUT2D eigenvalue weighted by atomic mass is 10.0. The largest absolute Gasteiger partial charge is 0.389 e. The molecule has 0 radical (unpaired) electrons. The first kappa shape index (κ1) is 15.1. The van der Waals surface area contributed by atoms with Gasteiger partial charge in [0, 0.05) is 13.0 Å². The van der Waals surface area contributed by atoms with Crippen LogP contribution in [0.2, 0.25) is 0 Å². The summed E-state index contributed by atoms with van der Waals surface area (Å²) >= 11 is 0. The molecule has 2 rings (SSSR count). The molecule has 2 aliphatic rings.